The molecule has 20 heavy (non-hydrogen) atoms. The van der Waals surface area contributed by atoms with Crippen molar-refractivity contribution >= 4 is 18.3 Å². The molecule has 2 aliphatic heterocycles. The van der Waals surface area contributed by atoms with Crippen molar-refractivity contribution < 1.29 is 4.79 Å². The lowest BCUT2D eigenvalue weighted by molar-refractivity contribution is -0.134. The van der Waals surface area contributed by atoms with Gasteiger partial charge >= 0.3 is 0 Å². The Kier molecular flexibility index (Phi) is 5.27. The third kappa shape index (κ3) is 3.44. The highest BCUT2D eigenvalue weighted by Gasteiger charge is 2.27. The molecule has 0 spiro atoms. The molecule has 0 saturated carbocycles. The van der Waals surface area contributed by atoms with Gasteiger partial charge in [-0.15, -0.1) is 17.5 Å². The fraction of sp³-hybridized carbons (Fsp3) is 0.818. The van der Waals surface area contributed by atoms with Gasteiger partial charge in [0.05, 0.1) is 0 Å². The van der Waals surface area contributed by atoms with E-state index in [0.717, 1.165) is 39.3 Å². The summed E-state index contributed by atoms with van der Waals surface area (Å²) in [5.41, 5.74) is 0. The Hall–Kier alpha value is -1.25. The zero-order valence-corrected chi connectivity index (χ0v) is 12.1. The number of rotatable bonds is 3. The molecule has 3 heterocycles. The van der Waals surface area contributed by atoms with E-state index >= 15 is 0 Å². The SMILES string of the molecule is Cl.O=C(Cn1cnnn1)N1CCN(C2CCNC2)CC1. The maximum atomic E-state index is 12.1. The predicted octanol–water partition coefficient (Wildman–Crippen LogP) is -1.40. The van der Waals surface area contributed by atoms with Crippen LogP contribution in [0, 0.1) is 0 Å². The van der Waals surface area contributed by atoms with Crippen molar-refractivity contribution in [3.8, 4) is 0 Å². The summed E-state index contributed by atoms with van der Waals surface area (Å²) in [5, 5.41) is 14.2. The maximum Gasteiger partial charge on any atom is 0.244 e. The van der Waals surface area contributed by atoms with Gasteiger partial charge in [0.2, 0.25) is 5.91 Å². The molecule has 0 aromatic carbocycles. The van der Waals surface area contributed by atoms with E-state index in [1.165, 1.54) is 17.4 Å². The Morgan fingerprint density at radius 3 is 2.70 bits per heavy atom. The summed E-state index contributed by atoms with van der Waals surface area (Å²) in [7, 11) is 0. The van der Waals surface area contributed by atoms with Gasteiger partial charge < -0.3 is 10.2 Å². The monoisotopic (exact) mass is 301 g/mol. The third-order valence-corrected chi connectivity index (χ3v) is 3.91. The smallest absolute Gasteiger partial charge is 0.244 e. The molecule has 0 radical (unpaired) electrons. The highest BCUT2D eigenvalue weighted by Crippen LogP contribution is 2.12. The largest absolute Gasteiger partial charge is 0.339 e. The molecule has 8 nitrogen and oxygen atoms in total. The van der Waals surface area contributed by atoms with E-state index in [1.807, 2.05) is 4.90 Å². The average Bonchev–Trinajstić information content (AvgIpc) is 3.12. The van der Waals surface area contributed by atoms with Crippen LogP contribution in [0.2, 0.25) is 0 Å². The van der Waals surface area contributed by atoms with Crippen molar-refractivity contribution in [2.45, 2.75) is 19.0 Å². The van der Waals surface area contributed by atoms with Crippen LogP contribution >= 0.6 is 12.4 Å². The Balaban J connectivity index is 0.00000147. The fourth-order valence-electron chi connectivity index (χ4n) is 2.78. The van der Waals surface area contributed by atoms with Gasteiger partial charge in [0.25, 0.3) is 0 Å². The molecule has 0 aliphatic carbocycles. The minimum absolute atomic E-state index is 0. The van der Waals surface area contributed by atoms with E-state index < -0.39 is 0 Å². The molecule has 1 amide bonds. The lowest BCUT2D eigenvalue weighted by Crippen LogP contribution is -2.53. The van der Waals surface area contributed by atoms with Crippen LogP contribution in [0.25, 0.3) is 0 Å². The first-order valence-electron chi connectivity index (χ1n) is 6.76. The van der Waals surface area contributed by atoms with E-state index in [1.54, 1.807) is 0 Å². The highest BCUT2D eigenvalue weighted by atomic mass is 35.5. The number of carbonyl (C=O) groups is 1. The molecule has 3 rings (SSSR count). The number of amides is 1. The van der Waals surface area contributed by atoms with Crippen LogP contribution in [0.3, 0.4) is 0 Å². The van der Waals surface area contributed by atoms with Crippen molar-refractivity contribution in [3.05, 3.63) is 6.33 Å². The highest BCUT2D eigenvalue weighted by molar-refractivity contribution is 5.85. The predicted molar refractivity (Wildman–Crippen MR) is 74.5 cm³/mol. The quantitative estimate of drug-likeness (QED) is 0.740. The van der Waals surface area contributed by atoms with E-state index in [-0.39, 0.29) is 24.9 Å². The lowest BCUT2D eigenvalue weighted by Gasteiger charge is -2.37. The molecule has 1 aromatic rings. The minimum atomic E-state index is 0. The number of nitrogens with zero attached hydrogens (tertiary/aromatic N) is 6. The number of nitrogens with one attached hydrogen (secondary N) is 1. The van der Waals surface area contributed by atoms with Crippen LogP contribution < -0.4 is 5.32 Å². The minimum Gasteiger partial charge on any atom is -0.339 e. The van der Waals surface area contributed by atoms with Gasteiger partial charge in [0.1, 0.15) is 12.9 Å². The van der Waals surface area contributed by atoms with Gasteiger partial charge in [-0.1, -0.05) is 0 Å². The summed E-state index contributed by atoms with van der Waals surface area (Å²) in [6, 6.07) is 0.650. The fourth-order valence-corrected chi connectivity index (χ4v) is 2.78. The molecule has 1 atom stereocenters. The molecule has 2 aliphatic rings. The zero-order chi connectivity index (χ0) is 13.1. The number of carbonyl (C=O) groups excluding carboxylic acids is 1. The van der Waals surface area contributed by atoms with Crippen LogP contribution in [0.5, 0.6) is 0 Å². The van der Waals surface area contributed by atoms with Crippen molar-refractivity contribution in [1.29, 1.82) is 0 Å². The van der Waals surface area contributed by atoms with E-state index in [0.29, 0.717) is 6.04 Å². The van der Waals surface area contributed by atoms with Crippen LogP contribution in [0.15, 0.2) is 6.33 Å². The van der Waals surface area contributed by atoms with Gasteiger partial charge in [-0.2, -0.15) is 0 Å². The topological polar surface area (TPSA) is 79.2 Å². The van der Waals surface area contributed by atoms with Gasteiger partial charge in [0, 0.05) is 38.8 Å². The summed E-state index contributed by atoms with van der Waals surface area (Å²) in [4.78, 5) is 16.5. The van der Waals surface area contributed by atoms with Gasteiger partial charge in [0.15, 0.2) is 0 Å². The van der Waals surface area contributed by atoms with Crippen LogP contribution in [-0.4, -0.2) is 81.2 Å². The van der Waals surface area contributed by atoms with Crippen LogP contribution in [0.4, 0.5) is 0 Å². The van der Waals surface area contributed by atoms with Gasteiger partial charge in [-0.3, -0.25) is 9.69 Å². The molecule has 1 N–H and O–H groups in total. The van der Waals surface area contributed by atoms with Gasteiger partial charge in [-0.05, 0) is 23.4 Å². The molecule has 2 fully saturated rings. The molecule has 2 saturated heterocycles. The van der Waals surface area contributed by atoms with Crippen molar-refractivity contribution in [2.24, 2.45) is 0 Å². The maximum absolute atomic E-state index is 12.1. The number of piperazine rings is 1. The molecule has 1 aromatic heterocycles. The third-order valence-electron chi connectivity index (χ3n) is 3.91. The lowest BCUT2D eigenvalue weighted by atomic mass is 10.2. The second kappa shape index (κ2) is 6.96. The Morgan fingerprint density at radius 2 is 2.10 bits per heavy atom. The normalized spacial score (nSPS) is 23.6. The van der Waals surface area contributed by atoms with Crippen molar-refractivity contribution in [3.63, 3.8) is 0 Å². The molecule has 0 bridgehead atoms. The molecular formula is C11H20ClN7O. The van der Waals surface area contributed by atoms with Gasteiger partial charge in [-0.25, -0.2) is 4.68 Å². The first-order chi connectivity index (χ1) is 9.33. The summed E-state index contributed by atoms with van der Waals surface area (Å²) < 4.78 is 1.47. The van der Waals surface area contributed by atoms with E-state index in [9.17, 15) is 4.79 Å². The van der Waals surface area contributed by atoms with Crippen LogP contribution in [0.1, 0.15) is 6.42 Å². The Bertz CT molecular complexity index is 412. The molecular weight excluding hydrogens is 282 g/mol. The second-order valence-electron chi connectivity index (χ2n) is 5.07. The van der Waals surface area contributed by atoms with E-state index in [2.05, 4.69) is 25.7 Å². The molecule has 112 valence electrons. The first-order valence-corrected chi connectivity index (χ1v) is 6.76. The van der Waals surface area contributed by atoms with Crippen molar-refractivity contribution in [2.75, 3.05) is 39.3 Å². The number of aromatic nitrogens is 4. The number of hydrogen-bond acceptors (Lipinski definition) is 6. The summed E-state index contributed by atoms with van der Waals surface area (Å²) >= 11 is 0. The van der Waals surface area contributed by atoms with E-state index in [4.69, 9.17) is 0 Å². The van der Waals surface area contributed by atoms with Crippen LogP contribution in [-0.2, 0) is 11.3 Å². The standard InChI is InChI=1S/C11H19N7O.ClH/c19-11(8-18-9-13-14-15-18)17-5-3-16(4-6-17)10-1-2-12-7-10;/h9-10,12H,1-8H2;1H. The number of halogens is 1. The Morgan fingerprint density at radius 1 is 1.30 bits per heavy atom. The van der Waals surface area contributed by atoms with Crippen molar-refractivity contribution in [1.82, 2.24) is 35.3 Å². The first kappa shape index (κ1) is 15.1. The summed E-state index contributed by atoms with van der Waals surface area (Å²) in [6.07, 6.45) is 2.69. The molecule has 9 heteroatoms. The second-order valence-corrected chi connectivity index (χ2v) is 5.07. The molecule has 1 unspecified atom stereocenters. The average molecular weight is 302 g/mol. The number of tetrazole rings is 1. The number of hydrogen-bond donors (Lipinski definition) is 1. The summed E-state index contributed by atoms with van der Waals surface area (Å²) in [6.45, 7) is 5.97. The summed E-state index contributed by atoms with van der Waals surface area (Å²) in [5.74, 6) is 0.0940. The zero-order valence-electron chi connectivity index (χ0n) is 11.3. The Labute approximate surface area is 123 Å².